The number of thiazole rings is 1. The molecule has 1 aliphatic carbocycles. The summed E-state index contributed by atoms with van der Waals surface area (Å²) in [6.45, 7) is 2.22. The van der Waals surface area contributed by atoms with Crippen molar-refractivity contribution in [3.63, 3.8) is 0 Å². The summed E-state index contributed by atoms with van der Waals surface area (Å²) < 4.78 is 44.3. The molecular weight excluding hydrogens is 377 g/mol. The van der Waals surface area contributed by atoms with Gasteiger partial charge in [0.1, 0.15) is 23.1 Å². The van der Waals surface area contributed by atoms with Gasteiger partial charge in [0.2, 0.25) is 0 Å². The largest absolute Gasteiger partial charge is 0.486 e. The molecule has 1 aliphatic rings. The van der Waals surface area contributed by atoms with Crippen LogP contribution in [0.4, 0.5) is 13.2 Å². The van der Waals surface area contributed by atoms with Crippen molar-refractivity contribution in [1.29, 1.82) is 0 Å². The molecule has 3 rings (SSSR count). The quantitative estimate of drug-likeness (QED) is 0.781. The summed E-state index contributed by atoms with van der Waals surface area (Å²) in [4.78, 5) is 16.5. The van der Waals surface area contributed by atoms with E-state index in [1.54, 1.807) is 5.38 Å². The highest BCUT2D eigenvalue weighted by Gasteiger charge is 2.42. The summed E-state index contributed by atoms with van der Waals surface area (Å²) in [5.41, 5.74) is 1.35. The van der Waals surface area contributed by atoms with Gasteiger partial charge in [-0.3, -0.25) is 4.79 Å². The first-order valence-corrected chi connectivity index (χ1v) is 9.70. The maximum atomic E-state index is 12.9. The number of amides is 1. The average Bonchev–Trinajstić information content (AvgIpc) is 3.10. The summed E-state index contributed by atoms with van der Waals surface area (Å²) in [7, 11) is 0. The Balaban J connectivity index is 1.53. The number of carbonyl (C=O) groups excluding carboxylic acids is 1. The number of benzene rings is 1. The molecule has 146 valence electrons. The summed E-state index contributed by atoms with van der Waals surface area (Å²) in [5.74, 6) is -1.06. The minimum absolute atomic E-state index is 0.0667. The molecule has 0 saturated heterocycles. The second-order valence-electron chi connectivity index (χ2n) is 6.80. The standard InChI is InChI=1S/C19H21F3N2O2S/c1-12-5-7-15(8-6-12)26-10-17-24-16(11-27-17)18(25)23-14-4-2-3-13(9-14)19(20,21)22/h5-8,11,13-14H,2-4,9-10H2,1H3,(H,23,25). The molecule has 2 aromatic rings. The first-order valence-electron chi connectivity index (χ1n) is 8.82. The van der Waals surface area contributed by atoms with Crippen LogP contribution in [-0.2, 0) is 6.61 Å². The highest BCUT2D eigenvalue weighted by Crippen LogP contribution is 2.37. The molecule has 1 aromatic heterocycles. The van der Waals surface area contributed by atoms with E-state index in [-0.39, 0.29) is 25.1 Å². The van der Waals surface area contributed by atoms with Gasteiger partial charge in [-0.2, -0.15) is 13.2 Å². The van der Waals surface area contributed by atoms with Crippen molar-refractivity contribution in [2.75, 3.05) is 0 Å². The molecule has 1 fully saturated rings. The summed E-state index contributed by atoms with van der Waals surface area (Å²) in [6.07, 6.45) is -3.12. The number of ether oxygens (including phenoxy) is 1. The van der Waals surface area contributed by atoms with Crippen LogP contribution in [0.5, 0.6) is 5.75 Å². The molecule has 1 saturated carbocycles. The second kappa shape index (κ2) is 8.29. The molecule has 4 nitrogen and oxygen atoms in total. The topological polar surface area (TPSA) is 51.2 Å². The smallest absolute Gasteiger partial charge is 0.391 e. The first-order chi connectivity index (χ1) is 12.8. The Labute approximate surface area is 159 Å². The maximum Gasteiger partial charge on any atom is 0.391 e. The van der Waals surface area contributed by atoms with E-state index >= 15 is 0 Å². The van der Waals surface area contributed by atoms with Crippen LogP contribution in [0.15, 0.2) is 29.6 Å². The third-order valence-corrected chi connectivity index (χ3v) is 5.46. The first kappa shape index (κ1) is 19.7. The van der Waals surface area contributed by atoms with Crippen molar-refractivity contribution in [3.8, 4) is 5.75 Å². The number of hydrogen-bond donors (Lipinski definition) is 1. The predicted octanol–water partition coefficient (Wildman–Crippen LogP) is 4.88. The second-order valence-corrected chi connectivity index (χ2v) is 7.75. The summed E-state index contributed by atoms with van der Waals surface area (Å²) in [6, 6.07) is 7.13. The lowest BCUT2D eigenvalue weighted by molar-refractivity contribution is -0.183. The number of aromatic nitrogens is 1. The number of halogens is 3. The molecule has 8 heteroatoms. The van der Waals surface area contributed by atoms with Crippen molar-refractivity contribution >= 4 is 17.2 Å². The van der Waals surface area contributed by atoms with E-state index in [0.717, 1.165) is 5.56 Å². The van der Waals surface area contributed by atoms with Crippen LogP contribution in [0.2, 0.25) is 0 Å². The Morgan fingerprint density at radius 3 is 2.74 bits per heavy atom. The fraction of sp³-hybridized carbons (Fsp3) is 0.474. The predicted molar refractivity (Wildman–Crippen MR) is 96.9 cm³/mol. The van der Waals surface area contributed by atoms with Crippen LogP contribution in [-0.4, -0.2) is 23.1 Å². The van der Waals surface area contributed by atoms with Gasteiger partial charge in [0.15, 0.2) is 0 Å². The summed E-state index contributed by atoms with van der Waals surface area (Å²) >= 11 is 1.29. The molecule has 27 heavy (non-hydrogen) atoms. The number of aryl methyl sites for hydroxylation is 1. The van der Waals surface area contributed by atoms with Crippen LogP contribution in [0.1, 0.15) is 46.7 Å². The molecule has 0 spiro atoms. The normalized spacial score (nSPS) is 20.3. The van der Waals surface area contributed by atoms with Gasteiger partial charge in [0.05, 0.1) is 5.92 Å². The van der Waals surface area contributed by atoms with E-state index in [9.17, 15) is 18.0 Å². The highest BCUT2D eigenvalue weighted by molar-refractivity contribution is 7.09. The van der Waals surface area contributed by atoms with E-state index in [2.05, 4.69) is 10.3 Å². The summed E-state index contributed by atoms with van der Waals surface area (Å²) in [5, 5.41) is 4.94. The van der Waals surface area contributed by atoms with Crippen LogP contribution in [0.3, 0.4) is 0 Å². The zero-order chi connectivity index (χ0) is 19.4. The zero-order valence-electron chi connectivity index (χ0n) is 14.9. The third kappa shape index (κ3) is 5.45. The molecule has 2 unspecified atom stereocenters. The SMILES string of the molecule is Cc1ccc(OCc2nc(C(=O)NC3CCCC(C(F)(F)F)C3)cs2)cc1. The number of nitrogens with one attached hydrogen (secondary N) is 1. The molecule has 2 atom stereocenters. The van der Waals surface area contributed by atoms with Crippen LogP contribution in [0, 0.1) is 12.8 Å². The van der Waals surface area contributed by atoms with Gasteiger partial charge in [-0.05, 0) is 38.3 Å². The van der Waals surface area contributed by atoms with Gasteiger partial charge in [-0.25, -0.2) is 4.98 Å². The van der Waals surface area contributed by atoms with E-state index in [1.807, 2.05) is 31.2 Å². The van der Waals surface area contributed by atoms with Crippen molar-refractivity contribution in [2.24, 2.45) is 5.92 Å². The number of rotatable bonds is 5. The minimum Gasteiger partial charge on any atom is -0.486 e. The average molecular weight is 398 g/mol. The van der Waals surface area contributed by atoms with Crippen molar-refractivity contribution in [1.82, 2.24) is 10.3 Å². The van der Waals surface area contributed by atoms with Gasteiger partial charge >= 0.3 is 6.18 Å². The van der Waals surface area contributed by atoms with Crippen LogP contribution < -0.4 is 10.1 Å². The molecule has 0 bridgehead atoms. The fourth-order valence-corrected chi connectivity index (χ4v) is 3.82. The van der Waals surface area contributed by atoms with Crippen LogP contribution in [0.25, 0.3) is 0 Å². The molecule has 1 amide bonds. The lowest BCUT2D eigenvalue weighted by atomic mass is 9.85. The molecule has 1 heterocycles. The number of nitrogens with zero attached hydrogens (tertiary/aromatic N) is 1. The van der Waals surface area contributed by atoms with Crippen LogP contribution >= 0.6 is 11.3 Å². The Kier molecular flexibility index (Phi) is 6.04. The van der Waals surface area contributed by atoms with Gasteiger partial charge in [0, 0.05) is 11.4 Å². The minimum atomic E-state index is -4.20. The van der Waals surface area contributed by atoms with Crippen molar-refractivity contribution in [3.05, 3.63) is 45.9 Å². The fourth-order valence-electron chi connectivity index (χ4n) is 3.14. The maximum absolute atomic E-state index is 12.9. The molecule has 0 aliphatic heterocycles. The molecular formula is C19H21F3N2O2S. The zero-order valence-corrected chi connectivity index (χ0v) is 15.7. The Bertz CT molecular complexity index is 774. The number of carbonyl (C=O) groups is 1. The molecule has 0 radical (unpaired) electrons. The Morgan fingerprint density at radius 1 is 1.30 bits per heavy atom. The lowest BCUT2D eigenvalue weighted by Gasteiger charge is -2.30. The van der Waals surface area contributed by atoms with E-state index in [1.165, 1.54) is 11.3 Å². The van der Waals surface area contributed by atoms with Gasteiger partial charge in [-0.15, -0.1) is 11.3 Å². The van der Waals surface area contributed by atoms with Gasteiger partial charge in [0.25, 0.3) is 5.91 Å². The van der Waals surface area contributed by atoms with E-state index in [4.69, 9.17) is 4.74 Å². The molecule has 1 aromatic carbocycles. The third-order valence-electron chi connectivity index (χ3n) is 4.64. The van der Waals surface area contributed by atoms with Crippen molar-refractivity contribution in [2.45, 2.75) is 51.4 Å². The van der Waals surface area contributed by atoms with Gasteiger partial charge < -0.3 is 10.1 Å². The van der Waals surface area contributed by atoms with Gasteiger partial charge in [-0.1, -0.05) is 24.1 Å². The van der Waals surface area contributed by atoms with Crippen molar-refractivity contribution < 1.29 is 22.7 Å². The lowest BCUT2D eigenvalue weighted by Crippen LogP contribution is -2.41. The number of hydrogen-bond acceptors (Lipinski definition) is 4. The number of alkyl halides is 3. The Hall–Kier alpha value is -2.09. The van der Waals surface area contributed by atoms with E-state index < -0.39 is 24.0 Å². The Morgan fingerprint density at radius 2 is 2.04 bits per heavy atom. The highest BCUT2D eigenvalue weighted by atomic mass is 32.1. The monoisotopic (exact) mass is 398 g/mol. The van der Waals surface area contributed by atoms with E-state index in [0.29, 0.717) is 23.6 Å². The molecule has 1 N–H and O–H groups in total.